The molecular formula is C46H50BrF2N3O8S2. The van der Waals surface area contributed by atoms with Gasteiger partial charge in [-0.15, -0.1) is 0 Å². The van der Waals surface area contributed by atoms with Crippen molar-refractivity contribution in [3.63, 3.8) is 0 Å². The summed E-state index contributed by atoms with van der Waals surface area (Å²) in [5, 5.41) is 14.4. The Labute approximate surface area is 369 Å². The van der Waals surface area contributed by atoms with E-state index in [1.807, 2.05) is 52.0 Å². The molecule has 2 heterocycles. The number of fused-ring (bicyclic) bond motifs is 1. The number of methoxy groups -OCH3 is 1. The fraction of sp³-hybridized carbons (Fsp3) is 0.348. The second-order valence-electron chi connectivity index (χ2n) is 16.7. The number of nitrogens with zero attached hydrogens (tertiary/aromatic N) is 3. The van der Waals surface area contributed by atoms with E-state index in [2.05, 4.69) is 15.9 Å². The molecule has 0 fully saturated rings. The molecule has 0 spiro atoms. The zero-order valence-electron chi connectivity index (χ0n) is 35.4. The second-order valence-corrected chi connectivity index (χ2v) is 21.5. The summed E-state index contributed by atoms with van der Waals surface area (Å²) in [6.07, 6.45) is 4.78. The van der Waals surface area contributed by atoms with Gasteiger partial charge in [0.25, 0.3) is 10.0 Å². The van der Waals surface area contributed by atoms with Crippen molar-refractivity contribution in [3.8, 4) is 22.8 Å². The van der Waals surface area contributed by atoms with Gasteiger partial charge in [0, 0.05) is 29.4 Å². The molecule has 0 radical (unpaired) electrons. The smallest absolute Gasteiger partial charge is 0.308 e. The van der Waals surface area contributed by atoms with E-state index in [-0.39, 0.29) is 49.4 Å². The zero-order chi connectivity index (χ0) is 45.2. The van der Waals surface area contributed by atoms with Gasteiger partial charge in [-0.05, 0) is 108 Å². The van der Waals surface area contributed by atoms with Gasteiger partial charge in [-0.2, -0.15) is 5.10 Å². The third-order valence-electron chi connectivity index (χ3n) is 11.2. The summed E-state index contributed by atoms with van der Waals surface area (Å²) in [4.78, 5) is 12.4. The van der Waals surface area contributed by atoms with Crippen LogP contribution in [-0.4, -0.2) is 66.9 Å². The fourth-order valence-electron chi connectivity index (χ4n) is 7.91. The molecule has 4 aromatic carbocycles. The summed E-state index contributed by atoms with van der Waals surface area (Å²) in [6, 6.07) is 22.3. The number of aryl methyl sites for hydroxylation is 1. The summed E-state index contributed by atoms with van der Waals surface area (Å²) < 4.78 is 98.5. The minimum atomic E-state index is -4.06. The van der Waals surface area contributed by atoms with Gasteiger partial charge in [0.1, 0.15) is 11.6 Å². The van der Waals surface area contributed by atoms with Gasteiger partial charge in [-0.25, -0.2) is 29.6 Å². The Morgan fingerprint density at radius 2 is 1.66 bits per heavy atom. The Hall–Kier alpha value is -4.90. The number of aliphatic hydroxyl groups is 1. The first-order valence-electron chi connectivity index (χ1n) is 20.0. The van der Waals surface area contributed by atoms with Crippen LogP contribution in [0.1, 0.15) is 63.6 Å². The van der Waals surface area contributed by atoms with E-state index >= 15 is 8.78 Å². The molecule has 0 aliphatic heterocycles. The highest BCUT2D eigenvalue weighted by Crippen LogP contribution is 2.42. The number of rotatable bonds is 18. The largest absolute Gasteiger partial charge is 0.469 e. The number of carbonyl (C=O) groups is 1. The summed E-state index contributed by atoms with van der Waals surface area (Å²) in [7, 11) is -6.22. The van der Waals surface area contributed by atoms with Crippen LogP contribution >= 0.6 is 15.9 Å². The molecule has 1 N–H and O–H groups in total. The Kier molecular flexibility index (Phi) is 13.9. The lowest BCUT2D eigenvalue weighted by Crippen LogP contribution is -2.34. The van der Waals surface area contributed by atoms with Crippen LogP contribution in [0.2, 0.25) is 0 Å². The molecule has 0 amide bonds. The Balaban J connectivity index is 1.37. The van der Waals surface area contributed by atoms with E-state index in [0.717, 1.165) is 26.7 Å². The lowest BCUT2D eigenvalue weighted by molar-refractivity contribution is -0.144. The van der Waals surface area contributed by atoms with Crippen LogP contribution in [0.15, 0.2) is 107 Å². The van der Waals surface area contributed by atoms with E-state index in [9.17, 15) is 26.7 Å². The monoisotopic (exact) mass is 953 g/mol. The van der Waals surface area contributed by atoms with Crippen LogP contribution < -0.4 is 4.74 Å². The number of halogens is 3. The first kappa shape index (κ1) is 46.6. The predicted octanol–water partition coefficient (Wildman–Crippen LogP) is 9.60. The van der Waals surface area contributed by atoms with Crippen molar-refractivity contribution < 1.29 is 45.0 Å². The molecule has 6 aromatic rings. The van der Waals surface area contributed by atoms with Crippen molar-refractivity contribution in [1.29, 1.82) is 0 Å². The van der Waals surface area contributed by atoms with Crippen LogP contribution in [-0.2, 0) is 41.4 Å². The third-order valence-corrected chi connectivity index (χ3v) is 15.7. The maximum Gasteiger partial charge on any atom is 0.308 e. The number of benzene rings is 4. The Morgan fingerprint density at radius 1 is 0.935 bits per heavy atom. The molecule has 0 aliphatic carbocycles. The molecule has 2 aromatic heterocycles. The number of aromatic nitrogens is 3. The fourth-order valence-corrected chi connectivity index (χ4v) is 11.6. The molecule has 0 bridgehead atoms. The van der Waals surface area contributed by atoms with Gasteiger partial charge in [0.2, 0.25) is 0 Å². The lowest BCUT2D eigenvalue weighted by Gasteiger charge is -2.35. The number of carbonyl (C=O) groups excluding carboxylic acids is 1. The molecular weight excluding hydrogens is 905 g/mol. The molecule has 62 heavy (non-hydrogen) atoms. The summed E-state index contributed by atoms with van der Waals surface area (Å²) in [6.45, 7) is 8.88. The average Bonchev–Trinajstić information content (AvgIpc) is 3.88. The lowest BCUT2D eigenvalue weighted by atomic mass is 9.81. The van der Waals surface area contributed by atoms with Gasteiger partial charge in [0.05, 0.1) is 57.3 Å². The molecule has 0 saturated heterocycles. The van der Waals surface area contributed by atoms with Gasteiger partial charge < -0.3 is 14.6 Å². The van der Waals surface area contributed by atoms with E-state index in [0.29, 0.717) is 36.8 Å². The Morgan fingerprint density at radius 3 is 2.35 bits per heavy atom. The van der Waals surface area contributed by atoms with Crippen molar-refractivity contribution in [2.45, 2.75) is 70.7 Å². The number of ether oxygens (including phenoxy) is 2. The van der Waals surface area contributed by atoms with Gasteiger partial charge >= 0.3 is 5.97 Å². The van der Waals surface area contributed by atoms with Gasteiger partial charge in [0.15, 0.2) is 21.4 Å². The standard InChI is InChI=1S/C46H50BrF2N3O8S2/c1-30-11-14-35(15-12-30)62(57,58)51-22-18-36-41(51)28-39(49)43(42(36)47)60-34-13-16-38(48)37(27-34)40-17-21-50-52(40)46(5,20-8-19-45(3,4)29-61(55,56)24-23-53)33-10-7-9-32(26-33)25-31(2)44(54)59-6/h7,9-18,21-22,26-28,31,53H,8,19-20,23-25,29H2,1-6H3/t31-,46-/m1/s1. The molecule has 11 nitrogen and oxygen atoms in total. The maximum atomic E-state index is 16.1. The highest BCUT2D eigenvalue weighted by Gasteiger charge is 2.35. The number of aliphatic hydroxyl groups excluding tert-OH is 1. The van der Waals surface area contributed by atoms with Crippen molar-refractivity contribution in [3.05, 3.63) is 130 Å². The van der Waals surface area contributed by atoms with Crippen molar-refractivity contribution in [2.24, 2.45) is 11.3 Å². The van der Waals surface area contributed by atoms with Crippen LogP contribution in [0.4, 0.5) is 8.78 Å². The molecule has 0 aliphatic rings. The van der Waals surface area contributed by atoms with Crippen LogP contribution in [0.25, 0.3) is 22.2 Å². The number of hydrogen-bond acceptors (Lipinski definition) is 9. The van der Waals surface area contributed by atoms with Crippen LogP contribution in [0, 0.1) is 29.9 Å². The van der Waals surface area contributed by atoms with E-state index in [1.165, 1.54) is 49.7 Å². The first-order chi connectivity index (χ1) is 29.2. The van der Waals surface area contributed by atoms with Crippen LogP contribution in [0.5, 0.6) is 11.5 Å². The topological polar surface area (TPSA) is 147 Å². The Bertz CT molecular complexity index is 2820. The summed E-state index contributed by atoms with van der Waals surface area (Å²) >= 11 is 3.43. The number of hydrogen-bond donors (Lipinski definition) is 1. The average molecular weight is 955 g/mol. The molecule has 0 saturated carbocycles. The highest BCUT2D eigenvalue weighted by molar-refractivity contribution is 9.10. The van der Waals surface area contributed by atoms with E-state index in [1.54, 1.807) is 36.0 Å². The minimum Gasteiger partial charge on any atom is -0.469 e. The molecule has 16 heteroatoms. The molecule has 2 atom stereocenters. The SMILES string of the molecule is COC(=O)[C@H](C)Cc1cccc([C@@](C)(CCCC(C)(C)CS(=O)(=O)CCO)n2nccc2-c2cc(Oc3c(F)cc4c(ccn4S(=O)(=O)c4ccc(C)cc4)c3Br)ccc2F)c1. The molecule has 330 valence electrons. The van der Waals surface area contributed by atoms with E-state index in [4.69, 9.17) is 14.6 Å². The van der Waals surface area contributed by atoms with E-state index < -0.39 is 55.0 Å². The molecule has 0 unspecified atom stereocenters. The number of esters is 1. The molecule has 6 rings (SSSR count). The summed E-state index contributed by atoms with van der Waals surface area (Å²) in [5.41, 5.74) is 1.56. The highest BCUT2D eigenvalue weighted by atomic mass is 79.9. The van der Waals surface area contributed by atoms with Crippen molar-refractivity contribution in [1.82, 2.24) is 13.8 Å². The minimum absolute atomic E-state index is 0.0426. The predicted molar refractivity (Wildman–Crippen MR) is 239 cm³/mol. The zero-order valence-corrected chi connectivity index (χ0v) is 38.6. The maximum absolute atomic E-state index is 16.1. The van der Waals surface area contributed by atoms with Gasteiger partial charge in [-0.1, -0.05) is 69.2 Å². The number of sulfone groups is 1. The summed E-state index contributed by atoms with van der Waals surface area (Å²) in [5.74, 6) is -2.80. The van der Waals surface area contributed by atoms with Crippen molar-refractivity contribution in [2.75, 3.05) is 25.2 Å². The first-order valence-corrected chi connectivity index (χ1v) is 24.1. The second kappa shape index (κ2) is 18.4. The third kappa shape index (κ3) is 9.98. The van der Waals surface area contributed by atoms with Crippen molar-refractivity contribution >= 4 is 52.7 Å². The quantitative estimate of drug-likeness (QED) is 0.0833. The van der Waals surface area contributed by atoms with Gasteiger partial charge in [-0.3, -0.25) is 9.48 Å². The van der Waals surface area contributed by atoms with Crippen LogP contribution in [0.3, 0.4) is 0 Å². The normalized spacial score (nSPS) is 13.8.